The molecular weight excluding hydrogens is 184 g/mol. The summed E-state index contributed by atoms with van der Waals surface area (Å²) in [6, 6.07) is 1.57. The Labute approximate surface area is 94.4 Å². The minimum Gasteiger partial charge on any atom is -0.313 e. The molecule has 0 radical (unpaired) electrons. The Kier molecular flexibility index (Phi) is 4.04. The van der Waals surface area contributed by atoms with Gasteiger partial charge in [-0.05, 0) is 38.6 Å². The van der Waals surface area contributed by atoms with Crippen molar-refractivity contribution in [1.82, 2.24) is 10.2 Å². The summed E-state index contributed by atoms with van der Waals surface area (Å²) in [4.78, 5) is 2.69. The minimum atomic E-state index is 0.764. The van der Waals surface area contributed by atoms with Crippen LogP contribution in [0.3, 0.4) is 0 Å². The number of likely N-dealkylation sites (tertiary alicyclic amines) is 1. The van der Waals surface area contributed by atoms with Crippen molar-refractivity contribution in [3.63, 3.8) is 0 Å². The molecule has 3 atom stereocenters. The fourth-order valence-corrected chi connectivity index (χ4v) is 3.18. The van der Waals surface area contributed by atoms with Crippen molar-refractivity contribution in [2.75, 3.05) is 19.6 Å². The zero-order chi connectivity index (χ0) is 10.7. The molecule has 0 saturated carbocycles. The quantitative estimate of drug-likeness (QED) is 0.752. The molecule has 2 heterocycles. The zero-order valence-corrected chi connectivity index (χ0v) is 10.3. The lowest BCUT2D eigenvalue weighted by atomic mass is 10.1. The lowest BCUT2D eigenvalue weighted by Gasteiger charge is -2.26. The molecular formula is C13H26N2. The van der Waals surface area contributed by atoms with Gasteiger partial charge >= 0.3 is 0 Å². The van der Waals surface area contributed by atoms with Gasteiger partial charge in [0.1, 0.15) is 0 Å². The highest BCUT2D eigenvalue weighted by Gasteiger charge is 2.27. The fraction of sp³-hybridized carbons (Fsp3) is 1.00. The van der Waals surface area contributed by atoms with Crippen LogP contribution in [0.15, 0.2) is 0 Å². The number of rotatable bonds is 2. The Bertz CT molecular complexity index is 185. The number of nitrogens with one attached hydrogen (secondary N) is 1. The average Bonchev–Trinajstić information content (AvgIpc) is 2.44. The number of hydrogen-bond acceptors (Lipinski definition) is 2. The molecule has 2 aliphatic heterocycles. The standard InChI is InChI=1S/C13H26N2/c1-11-8-12(2)15(9-11)10-13-6-4-3-5-7-14-13/h11-14H,3-10H2,1-2H3. The summed E-state index contributed by atoms with van der Waals surface area (Å²) in [5, 5.41) is 3.70. The molecule has 0 amide bonds. The summed E-state index contributed by atoms with van der Waals surface area (Å²) in [6.45, 7) is 8.62. The van der Waals surface area contributed by atoms with Gasteiger partial charge < -0.3 is 5.32 Å². The fourth-order valence-electron chi connectivity index (χ4n) is 3.18. The van der Waals surface area contributed by atoms with Crippen LogP contribution in [0.2, 0.25) is 0 Å². The molecule has 2 fully saturated rings. The van der Waals surface area contributed by atoms with Crippen LogP contribution in [-0.4, -0.2) is 36.6 Å². The SMILES string of the molecule is CC1CC(C)N(CC2CCCCCN2)C1. The van der Waals surface area contributed by atoms with Crippen LogP contribution in [0, 0.1) is 5.92 Å². The third-order valence-electron chi connectivity index (χ3n) is 4.03. The molecule has 88 valence electrons. The van der Waals surface area contributed by atoms with Gasteiger partial charge in [0.25, 0.3) is 0 Å². The van der Waals surface area contributed by atoms with Gasteiger partial charge in [0.2, 0.25) is 0 Å². The highest BCUT2D eigenvalue weighted by Crippen LogP contribution is 2.23. The van der Waals surface area contributed by atoms with E-state index in [9.17, 15) is 0 Å². The third-order valence-corrected chi connectivity index (χ3v) is 4.03. The first kappa shape index (κ1) is 11.4. The smallest absolute Gasteiger partial charge is 0.0195 e. The molecule has 2 aliphatic rings. The van der Waals surface area contributed by atoms with E-state index >= 15 is 0 Å². The molecule has 0 spiro atoms. The highest BCUT2D eigenvalue weighted by atomic mass is 15.2. The van der Waals surface area contributed by atoms with E-state index in [1.165, 1.54) is 51.7 Å². The van der Waals surface area contributed by atoms with Crippen molar-refractivity contribution < 1.29 is 0 Å². The van der Waals surface area contributed by atoms with Crippen LogP contribution in [0.4, 0.5) is 0 Å². The molecule has 1 N–H and O–H groups in total. The predicted molar refractivity (Wildman–Crippen MR) is 65.1 cm³/mol. The topological polar surface area (TPSA) is 15.3 Å². The molecule has 2 saturated heterocycles. The van der Waals surface area contributed by atoms with Gasteiger partial charge in [-0.15, -0.1) is 0 Å². The first-order valence-electron chi connectivity index (χ1n) is 6.73. The van der Waals surface area contributed by atoms with E-state index in [1.807, 2.05) is 0 Å². The van der Waals surface area contributed by atoms with Gasteiger partial charge in [0.05, 0.1) is 0 Å². The summed E-state index contributed by atoms with van der Waals surface area (Å²) >= 11 is 0. The van der Waals surface area contributed by atoms with Crippen molar-refractivity contribution in [1.29, 1.82) is 0 Å². The highest BCUT2D eigenvalue weighted by molar-refractivity contribution is 4.84. The average molecular weight is 210 g/mol. The molecule has 2 rings (SSSR count). The first-order chi connectivity index (χ1) is 7.25. The van der Waals surface area contributed by atoms with Gasteiger partial charge in [-0.2, -0.15) is 0 Å². The molecule has 0 aliphatic carbocycles. The summed E-state index contributed by atoms with van der Waals surface area (Å²) in [5.74, 6) is 0.908. The van der Waals surface area contributed by atoms with Crippen molar-refractivity contribution in [3.8, 4) is 0 Å². The number of nitrogens with zero attached hydrogens (tertiary/aromatic N) is 1. The number of hydrogen-bond donors (Lipinski definition) is 1. The third kappa shape index (κ3) is 3.18. The Balaban J connectivity index is 1.79. The lowest BCUT2D eigenvalue weighted by Crippen LogP contribution is -2.42. The predicted octanol–water partition coefficient (Wildman–Crippen LogP) is 2.25. The van der Waals surface area contributed by atoms with E-state index in [-0.39, 0.29) is 0 Å². The van der Waals surface area contributed by atoms with E-state index in [2.05, 4.69) is 24.1 Å². The van der Waals surface area contributed by atoms with Crippen LogP contribution in [-0.2, 0) is 0 Å². The van der Waals surface area contributed by atoms with Gasteiger partial charge in [-0.1, -0.05) is 19.8 Å². The maximum Gasteiger partial charge on any atom is 0.0195 e. The summed E-state index contributed by atoms with van der Waals surface area (Å²) in [7, 11) is 0. The van der Waals surface area contributed by atoms with Crippen LogP contribution >= 0.6 is 0 Å². The van der Waals surface area contributed by atoms with E-state index < -0.39 is 0 Å². The maximum absolute atomic E-state index is 3.70. The second-order valence-corrected chi connectivity index (χ2v) is 5.64. The monoisotopic (exact) mass is 210 g/mol. The summed E-state index contributed by atoms with van der Waals surface area (Å²) in [6.07, 6.45) is 7.01. The second-order valence-electron chi connectivity index (χ2n) is 5.64. The molecule has 15 heavy (non-hydrogen) atoms. The van der Waals surface area contributed by atoms with Gasteiger partial charge in [-0.3, -0.25) is 4.90 Å². The zero-order valence-electron chi connectivity index (χ0n) is 10.3. The molecule has 0 aromatic rings. The second kappa shape index (κ2) is 5.31. The normalized spacial score (nSPS) is 39.2. The van der Waals surface area contributed by atoms with E-state index in [1.54, 1.807) is 0 Å². The molecule has 3 unspecified atom stereocenters. The van der Waals surface area contributed by atoms with Crippen molar-refractivity contribution in [3.05, 3.63) is 0 Å². The van der Waals surface area contributed by atoms with Crippen LogP contribution in [0.1, 0.15) is 46.0 Å². The maximum atomic E-state index is 3.70. The Morgan fingerprint density at radius 2 is 2.07 bits per heavy atom. The van der Waals surface area contributed by atoms with E-state index in [4.69, 9.17) is 0 Å². The van der Waals surface area contributed by atoms with Crippen LogP contribution in [0.5, 0.6) is 0 Å². The van der Waals surface area contributed by atoms with Crippen molar-refractivity contribution in [2.24, 2.45) is 5.92 Å². The van der Waals surface area contributed by atoms with Crippen molar-refractivity contribution in [2.45, 2.75) is 58.0 Å². The molecule has 0 aromatic carbocycles. The molecule has 0 bridgehead atoms. The summed E-state index contributed by atoms with van der Waals surface area (Å²) in [5.41, 5.74) is 0. The van der Waals surface area contributed by atoms with E-state index in [0.29, 0.717) is 0 Å². The van der Waals surface area contributed by atoms with Gasteiger partial charge in [-0.25, -0.2) is 0 Å². The van der Waals surface area contributed by atoms with Crippen molar-refractivity contribution >= 4 is 0 Å². The minimum absolute atomic E-state index is 0.764. The summed E-state index contributed by atoms with van der Waals surface area (Å²) < 4.78 is 0. The Morgan fingerprint density at radius 3 is 2.80 bits per heavy atom. The van der Waals surface area contributed by atoms with E-state index in [0.717, 1.165) is 18.0 Å². The Morgan fingerprint density at radius 1 is 1.20 bits per heavy atom. The van der Waals surface area contributed by atoms with Gasteiger partial charge in [0, 0.05) is 25.2 Å². The first-order valence-corrected chi connectivity index (χ1v) is 6.73. The molecule has 2 heteroatoms. The largest absolute Gasteiger partial charge is 0.313 e. The Hall–Kier alpha value is -0.0800. The lowest BCUT2D eigenvalue weighted by molar-refractivity contribution is 0.231. The molecule has 2 nitrogen and oxygen atoms in total. The molecule has 0 aromatic heterocycles. The van der Waals surface area contributed by atoms with Gasteiger partial charge in [0.15, 0.2) is 0 Å². The van der Waals surface area contributed by atoms with Crippen LogP contribution < -0.4 is 5.32 Å². The van der Waals surface area contributed by atoms with Crippen LogP contribution in [0.25, 0.3) is 0 Å².